The fraction of sp³-hybridized carbons (Fsp3) is 0.300. The Hall–Kier alpha value is -0.760. The van der Waals surface area contributed by atoms with Gasteiger partial charge in [-0.2, -0.15) is 5.26 Å². The van der Waals surface area contributed by atoms with Crippen LogP contribution in [-0.4, -0.2) is 6.61 Å². The van der Waals surface area contributed by atoms with Gasteiger partial charge in [-0.05, 0) is 54.1 Å². The van der Waals surface area contributed by atoms with Gasteiger partial charge in [0, 0.05) is 3.57 Å². The predicted molar refractivity (Wildman–Crippen MR) is 59.8 cm³/mol. The molecule has 1 rings (SSSR count). The molecule has 0 spiro atoms. The van der Waals surface area contributed by atoms with E-state index in [2.05, 4.69) is 28.7 Å². The molecule has 0 N–H and O–H groups in total. The van der Waals surface area contributed by atoms with E-state index in [-0.39, 0.29) is 0 Å². The first-order valence-electron chi connectivity index (χ1n) is 4.02. The molecule has 1 aromatic carbocycles. The Kier molecular flexibility index (Phi) is 3.55. The van der Waals surface area contributed by atoms with Crippen LogP contribution in [0.2, 0.25) is 0 Å². The number of hydrogen-bond acceptors (Lipinski definition) is 2. The van der Waals surface area contributed by atoms with Crippen LogP contribution in [0.5, 0.6) is 5.75 Å². The Morgan fingerprint density at radius 3 is 2.77 bits per heavy atom. The van der Waals surface area contributed by atoms with E-state index in [0.717, 1.165) is 9.13 Å². The number of rotatable bonds is 2. The molecule has 0 heterocycles. The van der Waals surface area contributed by atoms with Gasteiger partial charge in [0.1, 0.15) is 11.8 Å². The lowest BCUT2D eigenvalue weighted by Crippen LogP contribution is -1.97. The Morgan fingerprint density at radius 2 is 2.23 bits per heavy atom. The summed E-state index contributed by atoms with van der Waals surface area (Å²) in [6.45, 7) is 4.46. The molecule has 0 atom stereocenters. The highest BCUT2D eigenvalue weighted by Crippen LogP contribution is 2.25. The van der Waals surface area contributed by atoms with Crippen molar-refractivity contribution in [2.45, 2.75) is 13.8 Å². The van der Waals surface area contributed by atoms with Gasteiger partial charge in [-0.1, -0.05) is 0 Å². The van der Waals surface area contributed by atoms with Crippen LogP contribution < -0.4 is 4.74 Å². The van der Waals surface area contributed by atoms with E-state index < -0.39 is 0 Å². The molecule has 0 aromatic heterocycles. The smallest absolute Gasteiger partial charge is 0.140 e. The fourth-order valence-electron chi connectivity index (χ4n) is 1.15. The minimum absolute atomic E-state index is 0.593. The minimum atomic E-state index is 0.593. The normalized spacial score (nSPS) is 9.38. The zero-order valence-corrected chi connectivity index (χ0v) is 9.75. The lowest BCUT2D eigenvalue weighted by molar-refractivity contribution is 0.337. The SMILES string of the molecule is CCOc1c(C)cc(I)cc1C#N. The lowest BCUT2D eigenvalue weighted by Gasteiger charge is -2.08. The van der Waals surface area contributed by atoms with Crippen LogP contribution in [0.15, 0.2) is 12.1 Å². The third-order valence-electron chi connectivity index (χ3n) is 1.65. The summed E-state index contributed by atoms with van der Waals surface area (Å²) in [5.74, 6) is 0.713. The first-order valence-corrected chi connectivity index (χ1v) is 5.10. The first kappa shape index (κ1) is 10.3. The number of ether oxygens (including phenoxy) is 1. The van der Waals surface area contributed by atoms with Crippen molar-refractivity contribution in [1.29, 1.82) is 5.26 Å². The van der Waals surface area contributed by atoms with E-state index in [9.17, 15) is 0 Å². The van der Waals surface area contributed by atoms with E-state index in [1.165, 1.54) is 0 Å². The molecule has 2 nitrogen and oxygen atoms in total. The highest BCUT2D eigenvalue weighted by Gasteiger charge is 2.07. The number of aryl methyl sites for hydroxylation is 1. The zero-order valence-electron chi connectivity index (χ0n) is 7.60. The summed E-state index contributed by atoms with van der Waals surface area (Å²) < 4.78 is 6.45. The second kappa shape index (κ2) is 4.47. The average molecular weight is 287 g/mol. The minimum Gasteiger partial charge on any atom is -0.492 e. The molecule has 0 radical (unpaired) electrons. The molecule has 0 fully saturated rings. The van der Waals surface area contributed by atoms with Crippen LogP contribution in [0.1, 0.15) is 18.1 Å². The van der Waals surface area contributed by atoms with Crippen LogP contribution in [0.25, 0.3) is 0 Å². The van der Waals surface area contributed by atoms with Crippen molar-refractivity contribution in [3.05, 3.63) is 26.8 Å². The second-order valence-electron chi connectivity index (χ2n) is 2.64. The fourth-order valence-corrected chi connectivity index (χ4v) is 1.93. The molecule has 0 bridgehead atoms. The number of halogens is 1. The first-order chi connectivity index (χ1) is 6.19. The van der Waals surface area contributed by atoms with Crippen molar-refractivity contribution in [2.75, 3.05) is 6.61 Å². The van der Waals surface area contributed by atoms with Gasteiger partial charge < -0.3 is 4.74 Å². The molecule has 1 aromatic rings. The van der Waals surface area contributed by atoms with Gasteiger partial charge in [0.15, 0.2) is 0 Å². The largest absolute Gasteiger partial charge is 0.492 e. The molecule has 0 aliphatic rings. The molecule has 0 amide bonds. The number of benzene rings is 1. The van der Waals surface area contributed by atoms with E-state index in [4.69, 9.17) is 10.00 Å². The summed E-state index contributed by atoms with van der Waals surface area (Å²) in [5.41, 5.74) is 1.64. The molecule has 3 heteroatoms. The van der Waals surface area contributed by atoms with E-state index >= 15 is 0 Å². The highest BCUT2D eigenvalue weighted by molar-refractivity contribution is 14.1. The molecule has 0 aliphatic heterocycles. The van der Waals surface area contributed by atoms with Crippen LogP contribution in [0, 0.1) is 21.8 Å². The van der Waals surface area contributed by atoms with Gasteiger partial charge in [0.25, 0.3) is 0 Å². The van der Waals surface area contributed by atoms with E-state index in [1.807, 2.05) is 26.0 Å². The van der Waals surface area contributed by atoms with Crippen molar-refractivity contribution < 1.29 is 4.74 Å². The van der Waals surface area contributed by atoms with Gasteiger partial charge in [-0.15, -0.1) is 0 Å². The van der Waals surface area contributed by atoms with Crippen molar-refractivity contribution in [2.24, 2.45) is 0 Å². The van der Waals surface area contributed by atoms with E-state index in [1.54, 1.807) is 0 Å². The molecule has 0 saturated carbocycles. The van der Waals surface area contributed by atoms with Crippen LogP contribution in [0.4, 0.5) is 0 Å². The third-order valence-corrected chi connectivity index (χ3v) is 2.27. The molecule has 0 saturated heterocycles. The molecular formula is C10H10INO. The predicted octanol–water partition coefficient (Wildman–Crippen LogP) is 2.87. The van der Waals surface area contributed by atoms with Crippen molar-refractivity contribution >= 4 is 22.6 Å². The van der Waals surface area contributed by atoms with Gasteiger partial charge in [-0.3, -0.25) is 0 Å². The standard InChI is InChI=1S/C10H10INO/c1-3-13-10-7(2)4-9(11)5-8(10)6-12/h4-5H,3H2,1-2H3. The van der Waals surface area contributed by atoms with Crippen molar-refractivity contribution in [3.63, 3.8) is 0 Å². The summed E-state index contributed by atoms with van der Waals surface area (Å²) in [4.78, 5) is 0. The monoisotopic (exact) mass is 287 g/mol. The summed E-state index contributed by atoms with van der Waals surface area (Å²) in [5, 5.41) is 8.86. The summed E-state index contributed by atoms with van der Waals surface area (Å²) in [6.07, 6.45) is 0. The summed E-state index contributed by atoms with van der Waals surface area (Å²) >= 11 is 2.19. The third kappa shape index (κ3) is 2.34. The lowest BCUT2D eigenvalue weighted by atomic mass is 10.1. The molecule has 13 heavy (non-hydrogen) atoms. The van der Waals surface area contributed by atoms with Crippen molar-refractivity contribution in [1.82, 2.24) is 0 Å². The van der Waals surface area contributed by atoms with Crippen LogP contribution in [-0.2, 0) is 0 Å². The summed E-state index contributed by atoms with van der Waals surface area (Å²) in [7, 11) is 0. The highest BCUT2D eigenvalue weighted by atomic mass is 127. The molecule has 0 unspecified atom stereocenters. The number of nitriles is 1. The van der Waals surface area contributed by atoms with E-state index in [0.29, 0.717) is 17.9 Å². The number of hydrogen-bond donors (Lipinski definition) is 0. The molecular weight excluding hydrogens is 277 g/mol. The van der Waals surface area contributed by atoms with Crippen molar-refractivity contribution in [3.8, 4) is 11.8 Å². The topological polar surface area (TPSA) is 33.0 Å². The number of nitrogens with zero attached hydrogens (tertiary/aromatic N) is 1. The van der Waals surface area contributed by atoms with Crippen LogP contribution in [0.3, 0.4) is 0 Å². The summed E-state index contributed by atoms with van der Waals surface area (Å²) in [6, 6.07) is 5.97. The Balaban J connectivity index is 3.23. The van der Waals surface area contributed by atoms with Gasteiger partial charge in [0.05, 0.1) is 12.2 Å². The van der Waals surface area contributed by atoms with Gasteiger partial charge in [-0.25, -0.2) is 0 Å². The quantitative estimate of drug-likeness (QED) is 0.784. The van der Waals surface area contributed by atoms with Gasteiger partial charge in [0.2, 0.25) is 0 Å². The Bertz CT molecular complexity index is 355. The van der Waals surface area contributed by atoms with Crippen LogP contribution >= 0.6 is 22.6 Å². The molecule has 0 aliphatic carbocycles. The molecule has 68 valence electrons. The maximum atomic E-state index is 8.86. The Morgan fingerprint density at radius 1 is 1.54 bits per heavy atom. The van der Waals surface area contributed by atoms with Gasteiger partial charge >= 0.3 is 0 Å². The maximum absolute atomic E-state index is 8.86. The average Bonchev–Trinajstić information content (AvgIpc) is 2.09. The zero-order chi connectivity index (χ0) is 9.84. The maximum Gasteiger partial charge on any atom is 0.140 e. The second-order valence-corrected chi connectivity index (χ2v) is 3.89. The Labute approximate surface area is 91.7 Å².